The molecule has 2 rings (SSSR count). The molecular weight excluding hydrogens is 232 g/mol. The van der Waals surface area contributed by atoms with Gasteiger partial charge in [-0.2, -0.15) is 0 Å². The lowest BCUT2D eigenvalue weighted by molar-refractivity contribution is -0.125. The van der Waals surface area contributed by atoms with Crippen LogP contribution >= 0.6 is 0 Å². The third kappa shape index (κ3) is 2.68. The summed E-state index contributed by atoms with van der Waals surface area (Å²) in [4.78, 5) is 26.6. The van der Waals surface area contributed by atoms with Crippen molar-refractivity contribution in [2.75, 3.05) is 26.8 Å². The second-order valence-electron chi connectivity index (χ2n) is 4.16. The molecular formula is C13H16N2O3. The number of rotatable bonds is 5. The van der Waals surface area contributed by atoms with Gasteiger partial charge in [0, 0.05) is 13.7 Å². The number of nitrogens with zero attached hydrogens (tertiary/aromatic N) is 2. The second-order valence-corrected chi connectivity index (χ2v) is 4.16. The summed E-state index contributed by atoms with van der Waals surface area (Å²) in [5.74, 6) is -0.153. The van der Waals surface area contributed by atoms with E-state index in [9.17, 15) is 9.59 Å². The Morgan fingerprint density at radius 3 is 2.61 bits per heavy atom. The van der Waals surface area contributed by atoms with E-state index in [0.29, 0.717) is 19.7 Å². The van der Waals surface area contributed by atoms with Crippen LogP contribution in [-0.2, 0) is 16.1 Å². The first kappa shape index (κ1) is 12.6. The van der Waals surface area contributed by atoms with E-state index in [1.807, 2.05) is 30.3 Å². The molecule has 3 amide bonds. The highest BCUT2D eigenvalue weighted by molar-refractivity contribution is 6.01. The van der Waals surface area contributed by atoms with Gasteiger partial charge in [0.2, 0.25) is 0 Å². The number of carbonyl (C=O) groups is 2. The number of urea groups is 1. The number of imide groups is 1. The topological polar surface area (TPSA) is 49.9 Å². The molecule has 0 aliphatic carbocycles. The monoisotopic (exact) mass is 248 g/mol. The summed E-state index contributed by atoms with van der Waals surface area (Å²) in [6, 6.07) is 9.26. The molecule has 0 spiro atoms. The minimum Gasteiger partial charge on any atom is -0.383 e. The zero-order valence-corrected chi connectivity index (χ0v) is 10.3. The summed E-state index contributed by atoms with van der Waals surface area (Å²) in [6.07, 6.45) is 0. The van der Waals surface area contributed by atoms with Gasteiger partial charge >= 0.3 is 6.03 Å². The summed E-state index contributed by atoms with van der Waals surface area (Å²) in [5, 5.41) is 0. The van der Waals surface area contributed by atoms with Gasteiger partial charge in [0.25, 0.3) is 5.91 Å². The maximum absolute atomic E-state index is 12.0. The molecule has 0 N–H and O–H groups in total. The van der Waals surface area contributed by atoms with Gasteiger partial charge in [0.05, 0.1) is 13.2 Å². The molecule has 1 aromatic rings. The minimum atomic E-state index is -0.235. The van der Waals surface area contributed by atoms with E-state index in [-0.39, 0.29) is 18.5 Å². The predicted molar refractivity (Wildman–Crippen MR) is 65.8 cm³/mol. The predicted octanol–water partition coefficient (Wildman–Crippen LogP) is 1.10. The summed E-state index contributed by atoms with van der Waals surface area (Å²) in [5.41, 5.74) is 0.952. The Morgan fingerprint density at radius 2 is 1.94 bits per heavy atom. The summed E-state index contributed by atoms with van der Waals surface area (Å²) < 4.78 is 4.92. The zero-order valence-electron chi connectivity index (χ0n) is 10.3. The number of benzene rings is 1. The van der Waals surface area contributed by atoms with Gasteiger partial charge in [-0.3, -0.25) is 9.69 Å². The van der Waals surface area contributed by atoms with Gasteiger partial charge in [-0.05, 0) is 5.56 Å². The molecule has 1 aromatic carbocycles. The third-order valence-electron chi connectivity index (χ3n) is 2.88. The third-order valence-corrected chi connectivity index (χ3v) is 2.88. The lowest BCUT2D eigenvalue weighted by Gasteiger charge is -2.16. The van der Waals surface area contributed by atoms with Crippen LogP contribution in [-0.4, -0.2) is 48.5 Å². The standard InChI is InChI=1S/C13H16N2O3/c1-18-8-7-14-10-12(16)15(13(14)17)9-11-5-3-2-4-6-11/h2-6H,7-10H2,1H3. The van der Waals surface area contributed by atoms with Crippen LogP contribution in [0.4, 0.5) is 4.79 Å². The molecule has 1 fully saturated rings. The van der Waals surface area contributed by atoms with Crippen molar-refractivity contribution in [2.45, 2.75) is 6.54 Å². The Kier molecular flexibility index (Phi) is 3.94. The lowest BCUT2D eigenvalue weighted by atomic mass is 10.2. The van der Waals surface area contributed by atoms with Crippen molar-refractivity contribution in [2.24, 2.45) is 0 Å². The van der Waals surface area contributed by atoms with Crippen LogP contribution in [0.25, 0.3) is 0 Å². The number of methoxy groups -OCH3 is 1. The summed E-state index contributed by atoms with van der Waals surface area (Å²) in [7, 11) is 1.57. The van der Waals surface area contributed by atoms with E-state index >= 15 is 0 Å². The number of ether oxygens (including phenoxy) is 1. The highest BCUT2D eigenvalue weighted by Crippen LogP contribution is 2.14. The van der Waals surface area contributed by atoms with Crippen molar-refractivity contribution in [1.82, 2.24) is 9.80 Å². The van der Waals surface area contributed by atoms with Crippen LogP contribution in [0.2, 0.25) is 0 Å². The van der Waals surface area contributed by atoms with Crippen LogP contribution in [0.3, 0.4) is 0 Å². The molecule has 0 bridgehead atoms. The molecule has 1 heterocycles. The van der Waals surface area contributed by atoms with E-state index in [1.165, 1.54) is 9.80 Å². The van der Waals surface area contributed by atoms with Gasteiger partial charge < -0.3 is 9.64 Å². The molecule has 0 saturated carbocycles. The van der Waals surface area contributed by atoms with E-state index in [1.54, 1.807) is 7.11 Å². The molecule has 1 saturated heterocycles. The maximum Gasteiger partial charge on any atom is 0.327 e. The van der Waals surface area contributed by atoms with E-state index in [0.717, 1.165) is 5.56 Å². The number of carbonyl (C=O) groups excluding carboxylic acids is 2. The lowest BCUT2D eigenvalue weighted by Crippen LogP contribution is -2.34. The van der Waals surface area contributed by atoms with Gasteiger partial charge in [-0.15, -0.1) is 0 Å². The molecule has 96 valence electrons. The maximum atomic E-state index is 12.0. The smallest absolute Gasteiger partial charge is 0.327 e. The molecule has 1 aliphatic heterocycles. The van der Waals surface area contributed by atoms with E-state index in [4.69, 9.17) is 4.74 Å². The Morgan fingerprint density at radius 1 is 1.22 bits per heavy atom. The average Bonchev–Trinajstić information content (AvgIpc) is 2.65. The second kappa shape index (κ2) is 5.64. The summed E-state index contributed by atoms with van der Waals surface area (Å²) in [6.45, 7) is 1.38. The van der Waals surface area contributed by atoms with Gasteiger partial charge in [-0.1, -0.05) is 30.3 Å². The Bertz CT molecular complexity index is 433. The first-order valence-corrected chi connectivity index (χ1v) is 5.84. The fraction of sp³-hybridized carbons (Fsp3) is 0.385. The first-order valence-electron chi connectivity index (χ1n) is 5.84. The van der Waals surface area contributed by atoms with Gasteiger partial charge in [0.15, 0.2) is 0 Å². The zero-order chi connectivity index (χ0) is 13.0. The molecule has 0 aromatic heterocycles. The number of hydrogen-bond donors (Lipinski definition) is 0. The Balaban J connectivity index is 2.01. The minimum absolute atomic E-state index is 0.148. The van der Waals surface area contributed by atoms with Crippen molar-refractivity contribution in [3.05, 3.63) is 35.9 Å². The van der Waals surface area contributed by atoms with Crippen molar-refractivity contribution in [3.63, 3.8) is 0 Å². The molecule has 5 heteroatoms. The van der Waals surface area contributed by atoms with Crippen LogP contribution < -0.4 is 0 Å². The largest absolute Gasteiger partial charge is 0.383 e. The number of hydrogen-bond acceptors (Lipinski definition) is 3. The highest BCUT2D eigenvalue weighted by Gasteiger charge is 2.35. The fourth-order valence-electron chi connectivity index (χ4n) is 1.89. The fourth-order valence-corrected chi connectivity index (χ4v) is 1.89. The van der Waals surface area contributed by atoms with Crippen LogP contribution in [0, 0.1) is 0 Å². The highest BCUT2D eigenvalue weighted by atomic mass is 16.5. The van der Waals surface area contributed by atoms with Crippen molar-refractivity contribution >= 4 is 11.9 Å². The molecule has 0 atom stereocenters. The quantitative estimate of drug-likeness (QED) is 0.733. The van der Waals surface area contributed by atoms with Gasteiger partial charge in [0.1, 0.15) is 6.54 Å². The molecule has 0 unspecified atom stereocenters. The van der Waals surface area contributed by atoms with E-state index in [2.05, 4.69) is 0 Å². The Labute approximate surface area is 106 Å². The van der Waals surface area contributed by atoms with Crippen molar-refractivity contribution in [3.8, 4) is 0 Å². The molecule has 5 nitrogen and oxygen atoms in total. The van der Waals surface area contributed by atoms with Gasteiger partial charge in [-0.25, -0.2) is 4.79 Å². The van der Waals surface area contributed by atoms with Crippen molar-refractivity contribution < 1.29 is 14.3 Å². The van der Waals surface area contributed by atoms with Crippen LogP contribution in [0.1, 0.15) is 5.56 Å². The number of amides is 3. The summed E-state index contributed by atoms with van der Waals surface area (Å²) >= 11 is 0. The average molecular weight is 248 g/mol. The molecule has 0 radical (unpaired) electrons. The van der Waals surface area contributed by atoms with Crippen LogP contribution in [0.15, 0.2) is 30.3 Å². The molecule has 1 aliphatic rings. The first-order chi connectivity index (χ1) is 8.72. The normalized spacial score (nSPS) is 15.6. The molecule has 18 heavy (non-hydrogen) atoms. The SMILES string of the molecule is COCCN1CC(=O)N(Cc2ccccc2)C1=O. The van der Waals surface area contributed by atoms with E-state index < -0.39 is 0 Å². The van der Waals surface area contributed by atoms with Crippen LogP contribution in [0.5, 0.6) is 0 Å². The Hall–Kier alpha value is -1.88. The van der Waals surface area contributed by atoms with Crippen molar-refractivity contribution in [1.29, 1.82) is 0 Å².